The smallest absolute Gasteiger partial charge is 0.280 e. The van der Waals surface area contributed by atoms with Crippen molar-refractivity contribution in [3.63, 3.8) is 0 Å². The lowest BCUT2D eigenvalue weighted by atomic mass is 10.2. The fourth-order valence-corrected chi connectivity index (χ4v) is 2.61. The third-order valence-electron chi connectivity index (χ3n) is 3.52. The molecule has 0 unspecified atom stereocenters. The quantitative estimate of drug-likeness (QED) is 0.569. The van der Waals surface area contributed by atoms with E-state index >= 15 is 0 Å². The van der Waals surface area contributed by atoms with Crippen LogP contribution >= 0.6 is 11.6 Å². The van der Waals surface area contributed by atoms with E-state index in [0.29, 0.717) is 22.7 Å². The predicted octanol–water partition coefficient (Wildman–Crippen LogP) is 2.14. The van der Waals surface area contributed by atoms with Crippen molar-refractivity contribution in [1.82, 2.24) is 24.4 Å². The third kappa shape index (κ3) is 1.96. The second-order valence-electron chi connectivity index (χ2n) is 4.88. The summed E-state index contributed by atoms with van der Waals surface area (Å²) in [6, 6.07) is 11.0. The van der Waals surface area contributed by atoms with Crippen molar-refractivity contribution in [3.05, 3.63) is 69.7 Å². The van der Waals surface area contributed by atoms with Gasteiger partial charge in [0.2, 0.25) is 0 Å². The van der Waals surface area contributed by atoms with Gasteiger partial charge in [-0.15, -0.1) is 10.2 Å². The van der Waals surface area contributed by atoms with Gasteiger partial charge in [0.1, 0.15) is 5.52 Å². The van der Waals surface area contributed by atoms with E-state index in [1.54, 1.807) is 33.6 Å². The molecule has 0 bridgehead atoms. The molecule has 0 spiro atoms. The van der Waals surface area contributed by atoms with E-state index in [2.05, 4.69) is 15.3 Å². The maximum Gasteiger partial charge on any atom is 0.280 e. The molecule has 0 aliphatic heterocycles. The van der Waals surface area contributed by atoms with Gasteiger partial charge < -0.3 is 4.57 Å². The molecule has 0 saturated heterocycles. The Morgan fingerprint density at radius 3 is 2.82 bits per heavy atom. The van der Waals surface area contributed by atoms with Crippen LogP contribution in [0, 0.1) is 0 Å². The van der Waals surface area contributed by atoms with E-state index in [9.17, 15) is 4.79 Å². The minimum atomic E-state index is -0.220. The monoisotopic (exact) mass is 311 g/mol. The number of halogens is 1. The molecular weight excluding hydrogens is 302 g/mol. The normalized spacial score (nSPS) is 11.3. The van der Waals surface area contributed by atoms with Crippen molar-refractivity contribution >= 4 is 28.3 Å². The SMILES string of the molecule is O=c1c2nnc3ccnn3c2ccn1Cc1ccccc1Cl. The van der Waals surface area contributed by atoms with Crippen LogP contribution in [0.2, 0.25) is 5.02 Å². The predicted molar refractivity (Wildman–Crippen MR) is 83.1 cm³/mol. The zero-order valence-corrected chi connectivity index (χ0v) is 12.1. The first kappa shape index (κ1) is 13.0. The standard InChI is InChI=1S/C15H10ClN5O/c16-11-4-2-1-3-10(11)9-20-8-6-12-14(15(20)22)19-18-13-5-7-17-21(12)13/h1-8H,9H2. The summed E-state index contributed by atoms with van der Waals surface area (Å²) in [6.07, 6.45) is 3.34. The van der Waals surface area contributed by atoms with Crippen LogP contribution in [-0.2, 0) is 6.54 Å². The molecule has 0 amide bonds. The Morgan fingerprint density at radius 1 is 1.09 bits per heavy atom. The van der Waals surface area contributed by atoms with Crippen LogP contribution in [-0.4, -0.2) is 24.4 Å². The topological polar surface area (TPSA) is 65.1 Å². The molecule has 0 saturated carbocycles. The van der Waals surface area contributed by atoms with Crippen molar-refractivity contribution in [3.8, 4) is 0 Å². The molecule has 7 heteroatoms. The molecule has 3 heterocycles. The lowest BCUT2D eigenvalue weighted by Gasteiger charge is -2.08. The molecule has 0 fully saturated rings. The Kier molecular flexibility index (Phi) is 2.90. The minimum absolute atomic E-state index is 0.220. The molecule has 0 N–H and O–H groups in total. The molecule has 22 heavy (non-hydrogen) atoms. The maximum atomic E-state index is 12.6. The summed E-state index contributed by atoms with van der Waals surface area (Å²) in [6.45, 7) is 0.382. The molecule has 108 valence electrons. The Bertz CT molecular complexity index is 1050. The summed E-state index contributed by atoms with van der Waals surface area (Å²) in [5, 5.41) is 12.8. The summed E-state index contributed by atoms with van der Waals surface area (Å²) >= 11 is 6.15. The number of fused-ring (bicyclic) bond motifs is 3. The molecular formula is C15H10ClN5O. The Morgan fingerprint density at radius 2 is 1.95 bits per heavy atom. The van der Waals surface area contributed by atoms with Gasteiger partial charge in [-0.1, -0.05) is 29.8 Å². The molecule has 4 rings (SSSR count). The fourth-order valence-electron chi connectivity index (χ4n) is 2.41. The highest BCUT2D eigenvalue weighted by atomic mass is 35.5. The van der Waals surface area contributed by atoms with E-state index in [4.69, 9.17) is 11.6 Å². The van der Waals surface area contributed by atoms with Gasteiger partial charge in [-0.05, 0) is 17.7 Å². The lowest BCUT2D eigenvalue weighted by Crippen LogP contribution is -2.22. The van der Waals surface area contributed by atoms with Crippen LogP contribution in [0.3, 0.4) is 0 Å². The second kappa shape index (κ2) is 4.92. The van der Waals surface area contributed by atoms with E-state index < -0.39 is 0 Å². The molecule has 0 aliphatic carbocycles. The van der Waals surface area contributed by atoms with Crippen LogP contribution in [0.15, 0.2) is 53.6 Å². The second-order valence-corrected chi connectivity index (χ2v) is 5.28. The van der Waals surface area contributed by atoms with Gasteiger partial charge in [-0.3, -0.25) is 4.79 Å². The number of hydrogen-bond donors (Lipinski definition) is 0. The molecule has 3 aromatic heterocycles. The number of aromatic nitrogens is 5. The molecule has 0 atom stereocenters. The molecule has 1 aromatic carbocycles. The average molecular weight is 312 g/mol. The number of rotatable bonds is 2. The highest BCUT2D eigenvalue weighted by molar-refractivity contribution is 6.31. The molecule has 6 nitrogen and oxygen atoms in total. The number of hydrogen-bond acceptors (Lipinski definition) is 4. The van der Waals surface area contributed by atoms with Gasteiger partial charge in [-0.2, -0.15) is 5.10 Å². The Hall–Kier alpha value is -2.73. The number of benzene rings is 1. The summed E-state index contributed by atoms with van der Waals surface area (Å²) < 4.78 is 3.16. The van der Waals surface area contributed by atoms with Crippen LogP contribution in [0.1, 0.15) is 5.56 Å². The van der Waals surface area contributed by atoms with Crippen LogP contribution < -0.4 is 5.56 Å². The third-order valence-corrected chi connectivity index (χ3v) is 3.89. The van der Waals surface area contributed by atoms with E-state index in [-0.39, 0.29) is 11.1 Å². The van der Waals surface area contributed by atoms with E-state index in [1.807, 2.05) is 24.3 Å². The average Bonchev–Trinajstić information content (AvgIpc) is 3.01. The lowest BCUT2D eigenvalue weighted by molar-refractivity contribution is 0.760. The minimum Gasteiger partial charge on any atom is -0.309 e. The van der Waals surface area contributed by atoms with Gasteiger partial charge in [-0.25, -0.2) is 4.52 Å². The van der Waals surface area contributed by atoms with Gasteiger partial charge in [0, 0.05) is 17.3 Å². The molecule has 4 aromatic rings. The van der Waals surface area contributed by atoms with Crippen molar-refractivity contribution in [1.29, 1.82) is 0 Å². The van der Waals surface area contributed by atoms with E-state index in [1.165, 1.54) is 0 Å². The van der Waals surface area contributed by atoms with Crippen LogP contribution in [0.25, 0.3) is 16.7 Å². The summed E-state index contributed by atoms with van der Waals surface area (Å²) in [5.41, 5.74) is 2.18. The first-order chi connectivity index (χ1) is 10.7. The Balaban J connectivity index is 1.89. The van der Waals surface area contributed by atoms with E-state index in [0.717, 1.165) is 5.56 Å². The number of nitrogens with zero attached hydrogens (tertiary/aromatic N) is 5. The zero-order chi connectivity index (χ0) is 15.1. The summed E-state index contributed by atoms with van der Waals surface area (Å²) in [5.74, 6) is 0. The Labute approximate surface area is 129 Å². The summed E-state index contributed by atoms with van der Waals surface area (Å²) in [4.78, 5) is 12.6. The van der Waals surface area contributed by atoms with Crippen molar-refractivity contribution in [2.45, 2.75) is 6.54 Å². The van der Waals surface area contributed by atoms with Crippen molar-refractivity contribution in [2.24, 2.45) is 0 Å². The fraction of sp³-hybridized carbons (Fsp3) is 0.0667. The highest BCUT2D eigenvalue weighted by Crippen LogP contribution is 2.16. The first-order valence-electron chi connectivity index (χ1n) is 6.67. The summed E-state index contributed by atoms with van der Waals surface area (Å²) in [7, 11) is 0. The number of pyridine rings is 1. The van der Waals surface area contributed by atoms with Crippen molar-refractivity contribution in [2.75, 3.05) is 0 Å². The van der Waals surface area contributed by atoms with Gasteiger partial charge >= 0.3 is 0 Å². The molecule has 0 radical (unpaired) electrons. The van der Waals surface area contributed by atoms with Crippen molar-refractivity contribution < 1.29 is 0 Å². The first-order valence-corrected chi connectivity index (χ1v) is 7.05. The van der Waals surface area contributed by atoms with Crippen LogP contribution in [0.5, 0.6) is 0 Å². The highest BCUT2D eigenvalue weighted by Gasteiger charge is 2.10. The van der Waals surface area contributed by atoms with Gasteiger partial charge in [0.25, 0.3) is 5.56 Å². The van der Waals surface area contributed by atoms with Crippen LogP contribution in [0.4, 0.5) is 0 Å². The largest absolute Gasteiger partial charge is 0.309 e. The van der Waals surface area contributed by atoms with Gasteiger partial charge in [0.05, 0.1) is 12.7 Å². The van der Waals surface area contributed by atoms with Gasteiger partial charge in [0.15, 0.2) is 11.2 Å². The zero-order valence-electron chi connectivity index (χ0n) is 11.3. The molecule has 0 aliphatic rings. The maximum absolute atomic E-state index is 12.6.